The van der Waals surface area contributed by atoms with E-state index in [1.807, 2.05) is 0 Å². The number of ether oxygens (including phenoxy) is 1. The maximum atomic E-state index is 7.17. The molecule has 66 valence electrons. The predicted molar refractivity (Wildman–Crippen MR) is 45.4 cm³/mol. The third-order valence-corrected chi connectivity index (χ3v) is 2.95. The first-order valence-electron chi connectivity index (χ1n) is 4.01. The number of morpholine rings is 1. The van der Waals surface area contributed by atoms with Crippen molar-refractivity contribution in [2.45, 2.75) is 0 Å². The van der Waals surface area contributed by atoms with Crippen LogP contribution >= 0.6 is 0 Å². The zero-order valence-corrected chi connectivity index (χ0v) is 10.4. The van der Waals surface area contributed by atoms with E-state index in [1.54, 1.807) is 0 Å². The Balaban J connectivity index is 0.000000261. The molecule has 3 N–H and O–H groups in total. The zero-order valence-electron chi connectivity index (χ0n) is 7.31. The van der Waals surface area contributed by atoms with Crippen LogP contribution in [0.3, 0.4) is 0 Å². The quantitative estimate of drug-likeness (QED) is 0.405. The molecule has 0 aromatic carbocycles. The Labute approximate surface area is 106 Å². The second-order valence-corrected chi connectivity index (χ2v) is 3.38. The summed E-state index contributed by atoms with van der Waals surface area (Å²) in [5.74, 6) is 0. The minimum absolute atomic E-state index is 0.954. The summed E-state index contributed by atoms with van der Waals surface area (Å²) in [6.45, 7) is 4.25. The summed E-state index contributed by atoms with van der Waals surface area (Å²) in [6.07, 6.45) is 0. The molecule has 0 spiro atoms. The van der Waals surface area contributed by atoms with Gasteiger partial charge in [-0.3, -0.25) is 0 Å². The van der Waals surface area contributed by atoms with Crippen LogP contribution < -0.4 is 0 Å². The molecule has 1 rings (SSSR count). The van der Waals surface area contributed by atoms with E-state index in [0.717, 1.165) is 62.2 Å². The maximum absolute atomic E-state index is 7.17. The van der Waals surface area contributed by atoms with Gasteiger partial charge in [-0.25, -0.2) is 0 Å². The molecule has 0 atom stereocenters. The molecule has 0 amide bonds. The van der Waals surface area contributed by atoms with Crippen LogP contribution in [0.15, 0.2) is 0 Å². The second kappa shape index (κ2) is 9.07. The molecule has 0 radical (unpaired) electrons. The number of hydrogen-bond acceptors (Lipinski definition) is 5. The normalized spacial score (nSPS) is 18.1. The zero-order chi connectivity index (χ0) is 9.40. The molecular formula is C5H13BKNO4. The van der Waals surface area contributed by atoms with Crippen LogP contribution in [0.5, 0.6) is 0 Å². The van der Waals surface area contributed by atoms with Crippen LogP contribution in [-0.4, -0.2) is 103 Å². The van der Waals surface area contributed by atoms with Crippen LogP contribution in [0, 0.1) is 0 Å². The molecule has 5 nitrogen and oxygen atoms in total. The van der Waals surface area contributed by atoms with Crippen LogP contribution in [0.2, 0.25) is 0 Å². The summed E-state index contributed by atoms with van der Waals surface area (Å²) in [5, 5.41) is 21.5. The fourth-order valence-corrected chi connectivity index (χ4v) is 1.91. The summed E-state index contributed by atoms with van der Waals surface area (Å²) >= 11 is 0.990. The van der Waals surface area contributed by atoms with E-state index in [4.69, 9.17) is 19.8 Å². The summed E-state index contributed by atoms with van der Waals surface area (Å²) in [5.41, 5.74) is 0. The first kappa shape index (κ1) is 13.5. The first-order chi connectivity index (χ1) is 5.66. The molecule has 0 aromatic heterocycles. The molecule has 0 aliphatic carbocycles. The molecule has 7 heteroatoms. The SMILES string of the molecule is OB(O)O.[K][CH2]N1CCOCC1. The molecule has 1 aliphatic rings. The van der Waals surface area contributed by atoms with Gasteiger partial charge >= 0.3 is 92.9 Å². The molecule has 0 aromatic rings. The van der Waals surface area contributed by atoms with Crippen molar-refractivity contribution in [3.63, 3.8) is 0 Å². The van der Waals surface area contributed by atoms with Gasteiger partial charge in [0.05, 0.1) is 0 Å². The van der Waals surface area contributed by atoms with Crippen LogP contribution in [0.25, 0.3) is 0 Å². The van der Waals surface area contributed by atoms with Crippen molar-refractivity contribution in [1.82, 2.24) is 4.90 Å². The van der Waals surface area contributed by atoms with E-state index in [1.165, 1.54) is 13.7 Å². The van der Waals surface area contributed by atoms with Crippen molar-refractivity contribution in [2.24, 2.45) is 0 Å². The van der Waals surface area contributed by atoms with Crippen molar-refractivity contribution in [2.75, 3.05) is 26.9 Å². The van der Waals surface area contributed by atoms with Crippen molar-refractivity contribution in [3.8, 4) is 0 Å². The van der Waals surface area contributed by atoms with Gasteiger partial charge in [0.1, 0.15) is 0 Å². The Bertz CT molecular complexity index is 98.7. The third kappa shape index (κ3) is 9.59. The Morgan fingerprint density at radius 3 is 1.92 bits per heavy atom. The van der Waals surface area contributed by atoms with E-state index in [9.17, 15) is 0 Å². The average Bonchev–Trinajstić information content (AvgIpc) is 2.05. The summed E-state index contributed by atoms with van der Waals surface area (Å²) < 4.78 is 6.54. The number of hydrogen-bond donors (Lipinski definition) is 3. The topological polar surface area (TPSA) is 73.2 Å². The van der Waals surface area contributed by atoms with Crippen molar-refractivity contribution in [1.29, 1.82) is 0 Å². The van der Waals surface area contributed by atoms with Gasteiger partial charge in [-0.1, -0.05) is 0 Å². The van der Waals surface area contributed by atoms with Crippen LogP contribution in [-0.2, 0) is 4.74 Å². The monoisotopic (exact) mass is 201 g/mol. The van der Waals surface area contributed by atoms with Gasteiger partial charge in [0.25, 0.3) is 0 Å². The van der Waals surface area contributed by atoms with Crippen molar-refractivity contribution in [3.05, 3.63) is 0 Å². The van der Waals surface area contributed by atoms with E-state index in [2.05, 4.69) is 4.90 Å². The van der Waals surface area contributed by atoms with Crippen LogP contribution in [0.4, 0.5) is 0 Å². The van der Waals surface area contributed by atoms with E-state index in [-0.39, 0.29) is 0 Å². The fraction of sp³-hybridized carbons (Fsp3) is 1.00. The number of nitrogens with zero attached hydrogens (tertiary/aromatic N) is 1. The van der Waals surface area contributed by atoms with E-state index < -0.39 is 7.32 Å². The Morgan fingerprint density at radius 1 is 1.25 bits per heavy atom. The Kier molecular flexibility index (Phi) is 10.2. The summed E-state index contributed by atoms with van der Waals surface area (Å²) in [4.78, 5) is 2.48. The molecule has 1 aliphatic heterocycles. The van der Waals surface area contributed by atoms with Gasteiger partial charge in [-0.2, -0.15) is 0 Å². The first-order valence-corrected chi connectivity index (χ1v) is 6.22. The van der Waals surface area contributed by atoms with Gasteiger partial charge < -0.3 is 15.1 Å². The second-order valence-electron chi connectivity index (χ2n) is 2.39. The van der Waals surface area contributed by atoms with Gasteiger partial charge in [-0.15, -0.1) is 0 Å². The molecule has 1 fully saturated rings. The average molecular weight is 201 g/mol. The van der Waals surface area contributed by atoms with Gasteiger partial charge in [0.15, 0.2) is 0 Å². The molecule has 0 saturated carbocycles. The minimum atomic E-state index is -2.17. The van der Waals surface area contributed by atoms with Crippen LogP contribution in [0.1, 0.15) is 0 Å². The third-order valence-electron chi connectivity index (χ3n) is 1.55. The summed E-state index contributed by atoms with van der Waals surface area (Å²) in [7, 11) is -2.17. The molecule has 12 heavy (non-hydrogen) atoms. The van der Waals surface area contributed by atoms with E-state index >= 15 is 0 Å². The van der Waals surface area contributed by atoms with Gasteiger partial charge in [0.2, 0.25) is 0 Å². The van der Waals surface area contributed by atoms with E-state index in [0.29, 0.717) is 0 Å². The van der Waals surface area contributed by atoms with Crippen molar-refractivity contribution >= 4 is 56.3 Å². The van der Waals surface area contributed by atoms with Gasteiger partial charge in [-0.05, 0) is 0 Å². The molecule has 0 unspecified atom stereocenters. The Hall–Kier alpha value is 1.50. The molecular weight excluding hydrogens is 188 g/mol. The van der Waals surface area contributed by atoms with Gasteiger partial charge in [0, 0.05) is 0 Å². The predicted octanol–water partition coefficient (Wildman–Crippen LogP) is -2.61. The molecule has 1 heterocycles. The molecule has 1 saturated heterocycles. The standard InChI is InChI=1S/C5H10NO.BH3O3.K/c1-6-2-4-7-5-3-6;2-1(3)4;/h1-5H2;2-4H;. The summed E-state index contributed by atoms with van der Waals surface area (Å²) in [6, 6.07) is 0. The number of rotatable bonds is 1. The van der Waals surface area contributed by atoms with Crippen molar-refractivity contribution < 1.29 is 19.8 Å². The molecule has 0 bridgehead atoms. The fourth-order valence-electron chi connectivity index (χ4n) is 0.917. The Morgan fingerprint density at radius 2 is 1.67 bits per heavy atom.